The van der Waals surface area contributed by atoms with Crippen molar-refractivity contribution in [2.24, 2.45) is 0 Å². The van der Waals surface area contributed by atoms with Crippen LogP contribution in [0.2, 0.25) is 0 Å². The molecule has 0 saturated carbocycles. The Hall–Kier alpha value is -2.16. The van der Waals surface area contributed by atoms with Crippen LogP contribution in [0, 0.1) is 5.82 Å². The Morgan fingerprint density at radius 2 is 2.00 bits per heavy atom. The smallest absolute Gasteiger partial charge is 0.274 e. The van der Waals surface area contributed by atoms with Crippen molar-refractivity contribution in [1.82, 2.24) is 14.8 Å². The third-order valence-corrected chi connectivity index (χ3v) is 6.15. The monoisotopic (exact) mass is 463 g/mol. The van der Waals surface area contributed by atoms with Gasteiger partial charge in [0, 0.05) is 51.4 Å². The highest BCUT2D eigenvalue weighted by atomic mass is 19.1. The van der Waals surface area contributed by atoms with E-state index < -0.39 is 0 Å². The van der Waals surface area contributed by atoms with Crippen LogP contribution in [-0.2, 0) is 16.0 Å². The molecule has 0 aliphatic carbocycles. The number of hydrogen-bond donors (Lipinski definition) is 1. The van der Waals surface area contributed by atoms with Crippen LogP contribution < -0.4 is 10.1 Å². The molecule has 8 heteroatoms. The van der Waals surface area contributed by atoms with Crippen molar-refractivity contribution in [3.63, 3.8) is 0 Å². The van der Waals surface area contributed by atoms with Gasteiger partial charge >= 0.3 is 0 Å². The van der Waals surface area contributed by atoms with Gasteiger partial charge < -0.3 is 29.0 Å². The second kappa shape index (κ2) is 12.3. The summed E-state index contributed by atoms with van der Waals surface area (Å²) < 4.78 is 32.7. The number of methoxy groups -OCH3 is 2. The number of carbonyl (C=O) groups is 1. The third kappa shape index (κ3) is 6.05. The lowest BCUT2D eigenvalue weighted by Gasteiger charge is -2.38. The maximum Gasteiger partial charge on any atom is 0.274 e. The standard InChI is InChI=1S/C25H38FN3O4/c1-18(2)29(20-8-7-11-27-17-20)25(30)23-24(33-15-14-32-4)21-16-19(26)9-10-22(21)28(23)12-5-6-13-31-3/h9-10,16,18,20,27H,5-8,11-15,17H2,1-4H3/t20-/m1/s1. The number of unbranched alkanes of at least 4 members (excludes halogenated alkanes) is 1. The van der Waals surface area contributed by atoms with E-state index in [1.807, 2.05) is 23.3 Å². The molecule has 1 atom stereocenters. The van der Waals surface area contributed by atoms with Crippen molar-refractivity contribution in [1.29, 1.82) is 0 Å². The molecule has 3 rings (SSSR count). The van der Waals surface area contributed by atoms with Crippen molar-refractivity contribution in [2.75, 3.05) is 47.1 Å². The van der Waals surface area contributed by atoms with Gasteiger partial charge in [0.2, 0.25) is 0 Å². The Labute approximate surface area is 196 Å². The van der Waals surface area contributed by atoms with Crippen LogP contribution in [0.25, 0.3) is 10.9 Å². The van der Waals surface area contributed by atoms with Gasteiger partial charge in [-0.15, -0.1) is 0 Å². The predicted molar refractivity (Wildman–Crippen MR) is 128 cm³/mol. The zero-order chi connectivity index (χ0) is 23.8. The number of nitrogens with one attached hydrogen (secondary N) is 1. The maximum atomic E-state index is 14.3. The van der Waals surface area contributed by atoms with Crippen LogP contribution in [0.1, 0.15) is 50.0 Å². The number of fused-ring (bicyclic) bond motifs is 1. The minimum absolute atomic E-state index is 0.0194. The molecule has 1 amide bonds. The van der Waals surface area contributed by atoms with Gasteiger partial charge in [0.15, 0.2) is 11.4 Å². The third-order valence-electron chi connectivity index (χ3n) is 6.15. The average Bonchev–Trinajstić information content (AvgIpc) is 3.10. The summed E-state index contributed by atoms with van der Waals surface area (Å²) in [6.45, 7) is 7.77. The molecule has 2 heterocycles. The summed E-state index contributed by atoms with van der Waals surface area (Å²) >= 11 is 0. The lowest BCUT2D eigenvalue weighted by atomic mass is 10.0. The van der Waals surface area contributed by atoms with Gasteiger partial charge in [0.25, 0.3) is 5.91 Å². The molecule has 1 N–H and O–H groups in total. The molecule has 33 heavy (non-hydrogen) atoms. The van der Waals surface area contributed by atoms with Crippen molar-refractivity contribution < 1.29 is 23.4 Å². The molecule has 0 spiro atoms. The summed E-state index contributed by atoms with van der Waals surface area (Å²) in [7, 11) is 3.29. The van der Waals surface area contributed by atoms with Crippen molar-refractivity contribution in [3.05, 3.63) is 29.7 Å². The first-order valence-corrected chi connectivity index (χ1v) is 11.9. The summed E-state index contributed by atoms with van der Waals surface area (Å²) in [5, 5.41) is 4.04. The Morgan fingerprint density at radius 1 is 1.21 bits per heavy atom. The highest BCUT2D eigenvalue weighted by molar-refractivity contribution is 6.04. The van der Waals surface area contributed by atoms with Gasteiger partial charge in [-0.2, -0.15) is 0 Å². The van der Waals surface area contributed by atoms with Crippen molar-refractivity contribution in [3.8, 4) is 5.75 Å². The van der Waals surface area contributed by atoms with Gasteiger partial charge in [-0.1, -0.05) is 0 Å². The van der Waals surface area contributed by atoms with E-state index in [9.17, 15) is 9.18 Å². The normalized spacial score (nSPS) is 16.5. The molecule has 1 aromatic carbocycles. The van der Waals surface area contributed by atoms with Crippen LogP contribution >= 0.6 is 0 Å². The summed E-state index contributed by atoms with van der Waals surface area (Å²) in [4.78, 5) is 16.1. The molecule has 1 fully saturated rings. The van der Waals surface area contributed by atoms with Gasteiger partial charge in [-0.3, -0.25) is 4.79 Å². The van der Waals surface area contributed by atoms with E-state index in [0.29, 0.717) is 36.6 Å². The number of aromatic nitrogens is 1. The van der Waals surface area contributed by atoms with E-state index in [0.717, 1.165) is 44.3 Å². The number of halogens is 1. The number of aryl methyl sites for hydroxylation is 1. The number of rotatable bonds is 12. The molecule has 0 bridgehead atoms. The number of piperidine rings is 1. The van der Waals surface area contributed by atoms with E-state index in [-0.39, 0.29) is 30.4 Å². The first-order valence-electron chi connectivity index (χ1n) is 11.9. The summed E-state index contributed by atoms with van der Waals surface area (Å²) in [5.74, 6) is 0.00833. The minimum Gasteiger partial charge on any atom is -0.488 e. The highest BCUT2D eigenvalue weighted by Gasteiger charge is 2.34. The molecular weight excluding hydrogens is 425 g/mol. The molecular formula is C25H38FN3O4. The Balaban J connectivity index is 2.09. The predicted octanol–water partition coefficient (Wildman–Crippen LogP) is 3.83. The fourth-order valence-corrected chi connectivity index (χ4v) is 4.65. The molecule has 1 aliphatic heterocycles. The number of ether oxygens (including phenoxy) is 3. The second-order valence-electron chi connectivity index (χ2n) is 8.84. The van der Waals surface area contributed by atoms with E-state index in [4.69, 9.17) is 14.2 Å². The van der Waals surface area contributed by atoms with E-state index in [1.165, 1.54) is 12.1 Å². The lowest BCUT2D eigenvalue weighted by molar-refractivity contribution is 0.0556. The van der Waals surface area contributed by atoms with E-state index >= 15 is 0 Å². The van der Waals surface area contributed by atoms with Gasteiger partial charge in [-0.25, -0.2) is 4.39 Å². The van der Waals surface area contributed by atoms with Gasteiger partial charge in [0.1, 0.15) is 12.4 Å². The van der Waals surface area contributed by atoms with Crippen LogP contribution in [0.3, 0.4) is 0 Å². The minimum atomic E-state index is -0.355. The first kappa shape index (κ1) is 25.5. The van der Waals surface area contributed by atoms with E-state index in [1.54, 1.807) is 20.3 Å². The Bertz CT molecular complexity index is 909. The van der Waals surface area contributed by atoms with Crippen molar-refractivity contribution in [2.45, 2.75) is 58.2 Å². The zero-order valence-electron chi connectivity index (χ0n) is 20.4. The fraction of sp³-hybridized carbons (Fsp3) is 0.640. The maximum absolute atomic E-state index is 14.3. The Kier molecular flexibility index (Phi) is 9.52. The summed E-state index contributed by atoms with van der Waals surface area (Å²) in [6.07, 6.45) is 3.69. The van der Waals surface area contributed by atoms with Gasteiger partial charge in [-0.05, 0) is 64.3 Å². The molecule has 0 unspecified atom stereocenters. The summed E-state index contributed by atoms with van der Waals surface area (Å²) in [5.41, 5.74) is 1.29. The SMILES string of the molecule is COCCCCn1c(C(=O)N(C(C)C)[C@@H]2CCCNC2)c(OCCOC)c2cc(F)ccc21. The van der Waals surface area contributed by atoms with Crippen LogP contribution in [0.15, 0.2) is 18.2 Å². The topological polar surface area (TPSA) is 65.0 Å². The zero-order valence-corrected chi connectivity index (χ0v) is 20.4. The molecule has 1 saturated heterocycles. The molecule has 1 aliphatic rings. The molecule has 2 aromatic rings. The Morgan fingerprint density at radius 3 is 2.67 bits per heavy atom. The molecule has 7 nitrogen and oxygen atoms in total. The quantitative estimate of drug-likeness (QED) is 0.485. The van der Waals surface area contributed by atoms with Crippen LogP contribution in [-0.4, -0.2) is 74.6 Å². The average molecular weight is 464 g/mol. The van der Waals surface area contributed by atoms with Gasteiger partial charge in [0.05, 0.1) is 12.1 Å². The second-order valence-corrected chi connectivity index (χ2v) is 8.84. The number of amides is 1. The number of nitrogens with zero attached hydrogens (tertiary/aromatic N) is 2. The molecule has 1 aromatic heterocycles. The molecule has 0 radical (unpaired) electrons. The largest absolute Gasteiger partial charge is 0.488 e. The highest BCUT2D eigenvalue weighted by Crippen LogP contribution is 2.36. The van der Waals surface area contributed by atoms with Crippen LogP contribution in [0.4, 0.5) is 4.39 Å². The lowest BCUT2D eigenvalue weighted by Crippen LogP contribution is -2.52. The fourth-order valence-electron chi connectivity index (χ4n) is 4.65. The van der Waals surface area contributed by atoms with Crippen molar-refractivity contribution >= 4 is 16.8 Å². The van der Waals surface area contributed by atoms with E-state index in [2.05, 4.69) is 5.32 Å². The van der Waals surface area contributed by atoms with Crippen LogP contribution in [0.5, 0.6) is 5.75 Å². The number of carbonyl (C=O) groups excluding carboxylic acids is 1. The first-order chi connectivity index (χ1) is 16.0. The molecule has 184 valence electrons. The number of benzene rings is 1. The number of hydrogen-bond acceptors (Lipinski definition) is 5. The summed E-state index contributed by atoms with van der Waals surface area (Å²) in [6, 6.07) is 4.76.